The highest BCUT2D eigenvalue weighted by atomic mass is 32.1. The van der Waals surface area contributed by atoms with E-state index in [9.17, 15) is 14.4 Å². The predicted octanol–water partition coefficient (Wildman–Crippen LogP) is 2.30. The molecule has 0 spiro atoms. The summed E-state index contributed by atoms with van der Waals surface area (Å²) in [5.74, 6) is -0.595. The number of furan rings is 1. The third-order valence-electron chi connectivity index (χ3n) is 4.13. The molecule has 0 unspecified atom stereocenters. The normalized spacial score (nSPS) is 15.9. The van der Waals surface area contributed by atoms with Crippen LogP contribution in [0.15, 0.2) is 40.3 Å². The Morgan fingerprint density at radius 3 is 2.67 bits per heavy atom. The Bertz CT molecular complexity index is 1010. The summed E-state index contributed by atoms with van der Waals surface area (Å²) in [6, 6.07) is 8.48. The van der Waals surface area contributed by atoms with Gasteiger partial charge in [0.1, 0.15) is 17.1 Å². The molecule has 2 aromatic rings. The zero-order valence-electron chi connectivity index (χ0n) is 14.9. The molecular weight excluding hydrogens is 368 g/mol. The van der Waals surface area contributed by atoms with Crippen LogP contribution in [0.2, 0.25) is 0 Å². The Hall–Kier alpha value is -3.26. The van der Waals surface area contributed by atoms with Gasteiger partial charge in [0, 0.05) is 12.6 Å². The molecule has 0 radical (unpaired) electrons. The number of ether oxygens (including phenoxy) is 1. The van der Waals surface area contributed by atoms with E-state index in [1.807, 2.05) is 6.92 Å². The van der Waals surface area contributed by atoms with Crippen LogP contribution in [0.1, 0.15) is 21.7 Å². The molecule has 0 saturated carbocycles. The lowest BCUT2D eigenvalue weighted by atomic mass is 10.0. The Morgan fingerprint density at radius 1 is 1.26 bits per heavy atom. The molecule has 1 aliphatic heterocycles. The van der Waals surface area contributed by atoms with Crippen LogP contribution in [0.3, 0.4) is 0 Å². The maximum Gasteiger partial charge on any atom is 0.337 e. The van der Waals surface area contributed by atoms with Crippen molar-refractivity contribution in [3.05, 3.63) is 52.8 Å². The third kappa shape index (κ3) is 3.52. The van der Waals surface area contributed by atoms with Gasteiger partial charge < -0.3 is 9.15 Å². The lowest BCUT2D eigenvalue weighted by Gasteiger charge is -2.24. The summed E-state index contributed by atoms with van der Waals surface area (Å²) < 4.78 is 10.5. The van der Waals surface area contributed by atoms with Gasteiger partial charge in [-0.15, -0.1) is 0 Å². The molecular formula is C19H16N2O5S. The Balaban J connectivity index is 1.91. The van der Waals surface area contributed by atoms with Gasteiger partial charge >= 0.3 is 5.97 Å². The molecule has 27 heavy (non-hydrogen) atoms. The number of benzene rings is 1. The molecule has 1 aromatic heterocycles. The largest absolute Gasteiger partial charge is 0.465 e. The van der Waals surface area contributed by atoms with Crippen LogP contribution in [0.5, 0.6) is 0 Å². The minimum atomic E-state index is -0.570. The summed E-state index contributed by atoms with van der Waals surface area (Å²) >= 11 is 4.91. The van der Waals surface area contributed by atoms with E-state index in [0.29, 0.717) is 17.1 Å². The highest BCUT2D eigenvalue weighted by Gasteiger charge is 2.31. The number of carbonyl (C=O) groups excluding carboxylic acids is 3. The first kappa shape index (κ1) is 18.5. The molecule has 138 valence electrons. The topological polar surface area (TPSA) is 88.9 Å². The van der Waals surface area contributed by atoms with Gasteiger partial charge in [0.15, 0.2) is 5.11 Å². The quantitative estimate of drug-likeness (QED) is 0.378. The van der Waals surface area contributed by atoms with Crippen molar-refractivity contribution >= 4 is 41.2 Å². The van der Waals surface area contributed by atoms with Crippen LogP contribution in [0.4, 0.5) is 0 Å². The van der Waals surface area contributed by atoms with E-state index in [0.717, 1.165) is 11.1 Å². The maximum atomic E-state index is 12.2. The molecule has 1 N–H and O–H groups in total. The highest BCUT2D eigenvalue weighted by molar-refractivity contribution is 7.80. The number of esters is 1. The molecule has 0 atom stereocenters. The van der Waals surface area contributed by atoms with Gasteiger partial charge in [0.05, 0.1) is 12.7 Å². The highest BCUT2D eigenvalue weighted by Crippen LogP contribution is 2.28. The summed E-state index contributed by atoms with van der Waals surface area (Å²) in [5, 5.41) is 2.50. The van der Waals surface area contributed by atoms with Crippen LogP contribution >= 0.6 is 12.2 Å². The molecule has 8 heteroatoms. The lowest BCUT2D eigenvalue weighted by Crippen LogP contribution is -2.52. The number of aryl methyl sites for hydroxylation is 1. The number of methoxy groups -OCH3 is 1. The molecule has 0 aliphatic carbocycles. The summed E-state index contributed by atoms with van der Waals surface area (Å²) in [6.07, 6.45) is 1.37. The minimum absolute atomic E-state index is 0.0589. The van der Waals surface area contributed by atoms with Crippen LogP contribution in [-0.4, -0.2) is 42.0 Å². The molecule has 1 aromatic carbocycles. The van der Waals surface area contributed by atoms with E-state index in [2.05, 4.69) is 5.32 Å². The van der Waals surface area contributed by atoms with Gasteiger partial charge in [0.2, 0.25) is 0 Å². The second kappa shape index (κ2) is 7.16. The summed E-state index contributed by atoms with van der Waals surface area (Å²) in [4.78, 5) is 37.1. The van der Waals surface area contributed by atoms with E-state index in [1.54, 1.807) is 30.3 Å². The Kier molecular flexibility index (Phi) is 4.91. The number of hydrogen-bond acceptors (Lipinski definition) is 6. The molecule has 1 aliphatic rings. The first-order chi connectivity index (χ1) is 12.8. The van der Waals surface area contributed by atoms with Gasteiger partial charge in [-0.2, -0.15) is 0 Å². The molecule has 2 amide bonds. The fourth-order valence-corrected chi connectivity index (χ4v) is 2.82. The van der Waals surface area contributed by atoms with Crippen molar-refractivity contribution in [2.75, 3.05) is 14.2 Å². The molecule has 7 nitrogen and oxygen atoms in total. The Labute approximate surface area is 160 Å². The lowest BCUT2D eigenvalue weighted by molar-refractivity contribution is -0.128. The second-order valence-electron chi connectivity index (χ2n) is 5.90. The first-order valence-electron chi connectivity index (χ1n) is 7.96. The average molecular weight is 384 g/mol. The van der Waals surface area contributed by atoms with Gasteiger partial charge in [-0.1, -0.05) is 6.07 Å². The van der Waals surface area contributed by atoms with Crippen molar-refractivity contribution in [3.63, 3.8) is 0 Å². The fourth-order valence-electron chi connectivity index (χ4n) is 2.65. The minimum Gasteiger partial charge on any atom is -0.465 e. The summed E-state index contributed by atoms with van der Waals surface area (Å²) in [7, 11) is 2.81. The van der Waals surface area contributed by atoms with Crippen LogP contribution in [0.25, 0.3) is 17.4 Å². The van der Waals surface area contributed by atoms with Crippen molar-refractivity contribution in [2.45, 2.75) is 6.92 Å². The van der Waals surface area contributed by atoms with E-state index >= 15 is 0 Å². The van der Waals surface area contributed by atoms with Crippen molar-refractivity contribution in [3.8, 4) is 11.3 Å². The van der Waals surface area contributed by atoms with Crippen molar-refractivity contribution < 1.29 is 23.5 Å². The van der Waals surface area contributed by atoms with Gasteiger partial charge in [-0.3, -0.25) is 19.8 Å². The standard InChI is InChI=1S/C19H16N2O5S/c1-10-8-11(18(24)25-3)4-6-13(10)15-7-5-12(26-15)9-14-16(22)20-19(27)21(2)17(14)23/h4-9H,1-3H3,(H,20,22,27)/b14-9+. The van der Waals surface area contributed by atoms with Crippen molar-refractivity contribution in [1.82, 2.24) is 10.2 Å². The Morgan fingerprint density at radius 2 is 2.00 bits per heavy atom. The van der Waals surface area contributed by atoms with Crippen molar-refractivity contribution in [1.29, 1.82) is 0 Å². The zero-order valence-corrected chi connectivity index (χ0v) is 15.7. The molecule has 2 heterocycles. The fraction of sp³-hybridized carbons (Fsp3) is 0.158. The van der Waals surface area contributed by atoms with Crippen molar-refractivity contribution in [2.24, 2.45) is 0 Å². The summed E-state index contributed by atoms with van der Waals surface area (Å²) in [6.45, 7) is 1.84. The predicted molar refractivity (Wildman–Crippen MR) is 102 cm³/mol. The van der Waals surface area contributed by atoms with E-state index in [-0.39, 0.29) is 10.7 Å². The number of carbonyl (C=O) groups is 3. The third-order valence-corrected chi connectivity index (χ3v) is 4.51. The number of nitrogens with zero attached hydrogens (tertiary/aromatic N) is 1. The number of likely N-dealkylation sites (N-methyl/N-ethyl adjacent to an activating group) is 1. The molecule has 0 bridgehead atoms. The number of hydrogen-bond donors (Lipinski definition) is 1. The first-order valence-corrected chi connectivity index (χ1v) is 8.37. The van der Waals surface area contributed by atoms with E-state index in [4.69, 9.17) is 21.4 Å². The van der Waals surface area contributed by atoms with Crippen LogP contribution in [0, 0.1) is 6.92 Å². The van der Waals surface area contributed by atoms with Gasteiger partial charge in [0.25, 0.3) is 11.8 Å². The van der Waals surface area contributed by atoms with E-state index in [1.165, 1.54) is 25.1 Å². The van der Waals surface area contributed by atoms with Crippen LogP contribution < -0.4 is 5.32 Å². The average Bonchev–Trinajstić information content (AvgIpc) is 3.11. The second-order valence-corrected chi connectivity index (χ2v) is 6.29. The number of thiocarbonyl (C=S) groups is 1. The maximum absolute atomic E-state index is 12.2. The number of nitrogens with one attached hydrogen (secondary N) is 1. The van der Waals surface area contributed by atoms with E-state index < -0.39 is 17.8 Å². The summed E-state index contributed by atoms with van der Waals surface area (Å²) in [5.41, 5.74) is 1.98. The SMILES string of the molecule is COC(=O)c1ccc(-c2ccc(/C=C3\C(=O)NC(=S)N(C)C3=O)o2)c(C)c1. The van der Waals surface area contributed by atoms with Gasteiger partial charge in [-0.05, 0) is 55.0 Å². The number of amides is 2. The smallest absolute Gasteiger partial charge is 0.337 e. The van der Waals surface area contributed by atoms with Gasteiger partial charge in [-0.25, -0.2) is 4.79 Å². The molecule has 3 rings (SSSR count). The monoisotopic (exact) mass is 384 g/mol. The zero-order chi connectivity index (χ0) is 19.7. The van der Waals surface area contributed by atoms with Crippen LogP contribution in [-0.2, 0) is 14.3 Å². The molecule has 1 fully saturated rings. The number of rotatable bonds is 3. The molecule has 1 saturated heterocycles.